The monoisotopic (exact) mass is 304 g/mol. The van der Waals surface area contributed by atoms with E-state index in [4.69, 9.17) is 4.74 Å². The molecule has 1 heteroatoms. The van der Waals surface area contributed by atoms with E-state index in [2.05, 4.69) is 68.7 Å². The summed E-state index contributed by atoms with van der Waals surface area (Å²) in [5, 5.41) is 0. The maximum Gasteiger partial charge on any atom is 0.119 e. The van der Waals surface area contributed by atoms with Crippen molar-refractivity contribution in [1.82, 2.24) is 0 Å². The van der Waals surface area contributed by atoms with Crippen LogP contribution in [0.1, 0.15) is 32.3 Å². The Morgan fingerprint density at radius 1 is 1.04 bits per heavy atom. The van der Waals surface area contributed by atoms with E-state index >= 15 is 0 Å². The van der Waals surface area contributed by atoms with E-state index in [1.54, 1.807) is 0 Å². The van der Waals surface area contributed by atoms with E-state index in [1.165, 1.54) is 11.1 Å². The molecule has 0 aromatic heterocycles. The molecule has 1 unspecified atom stereocenters. The summed E-state index contributed by atoms with van der Waals surface area (Å²) < 4.78 is 5.61. The van der Waals surface area contributed by atoms with Crippen molar-refractivity contribution in [2.24, 2.45) is 5.92 Å². The molecule has 0 aliphatic heterocycles. The minimum Gasteiger partial charge on any atom is -0.494 e. The van der Waals surface area contributed by atoms with Gasteiger partial charge in [0.1, 0.15) is 5.75 Å². The summed E-state index contributed by atoms with van der Waals surface area (Å²) in [5.41, 5.74) is 3.43. The highest BCUT2D eigenvalue weighted by Crippen LogP contribution is 2.22. The Hall–Kier alpha value is -2.46. The van der Waals surface area contributed by atoms with E-state index in [1.807, 2.05) is 18.2 Å². The van der Waals surface area contributed by atoms with Crippen LogP contribution in [0.3, 0.4) is 0 Å². The molecule has 2 rings (SSSR count). The molecule has 0 spiro atoms. The molecule has 118 valence electrons. The summed E-state index contributed by atoms with van der Waals surface area (Å²) >= 11 is 0. The van der Waals surface area contributed by atoms with Crippen molar-refractivity contribution < 1.29 is 4.74 Å². The molecule has 0 radical (unpaired) electrons. The molecule has 0 N–H and O–H groups in total. The number of hydrogen-bond donors (Lipinski definition) is 0. The van der Waals surface area contributed by atoms with Gasteiger partial charge in [-0.3, -0.25) is 0 Å². The first-order valence-electron chi connectivity index (χ1n) is 8.18. The van der Waals surface area contributed by atoms with Gasteiger partial charge >= 0.3 is 0 Å². The predicted octanol–water partition coefficient (Wildman–Crippen LogP) is 5.71. The van der Waals surface area contributed by atoms with Crippen LogP contribution in [-0.2, 0) is 0 Å². The summed E-state index contributed by atoms with van der Waals surface area (Å²) in [6.45, 7) is 8.73. The SMILES string of the molecule is C=CCC(C)C#Cc1ccc(-c2ccc(OCCC)cc2)cc1. The molecular weight excluding hydrogens is 280 g/mol. The number of allylic oxidation sites excluding steroid dienone is 1. The molecule has 0 saturated carbocycles. The molecule has 0 saturated heterocycles. The van der Waals surface area contributed by atoms with Crippen LogP contribution >= 0.6 is 0 Å². The largest absolute Gasteiger partial charge is 0.494 e. The summed E-state index contributed by atoms with van der Waals surface area (Å²) in [5.74, 6) is 7.75. The molecule has 0 bridgehead atoms. The Bertz CT molecular complexity index is 669. The van der Waals surface area contributed by atoms with Crippen molar-refractivity contribution in [2.45, 2.75) is 26.7 Å². The topological polar surface area (TPSA) is 9.23 Å². The lowest BCUT2D eigenvalue weighted by atomic mass is 10.0. The molecule has 23 heavy (non-hydrogen) atoms. The Kier molecular flexibility index (Phi) is 6.51. The lowest BCUT2D eigenvalue weighted by Crippen LogP contribution is -1.94. The second kappa shape index (κ2) is 8.86. The average molecular weight is 304 g/mol. The van der Waals surface area contributed by atoms with Crippen LogP contribution in [0, 0.1) is 17.8 Å². The zero-order valence-corrected chi connectivity index (χ0v) is 14.0. The van der Waals surface area contributed by atoms with Crippen LogP contribution in [0.5, 0.6) is 5.75 Å². The molecule has 2 aromatic carbocycles. The fourth-order valence-corrected chi connectivity index (χ4v) is 2.22. The Morgan fingerprint density at radius 3 is 2.22 bits per heavy atom. The van der Waals surface area contributed by atoms with Crippen molar-refractivity contribution in [3.63, 3.8) is 0 Å². The predicted molar refractivity (Wildman–Crippen MR) is 98.5 cm³/mol. The van der Waals surface area contributed by atoms with Gasteiger partial charge in [-0.25, -0.2) is 0 Å². The molecular formula is C22H24O. The van der Waals surface area contributed by atoms with Gasteiger partial charge < -0.3 is 4.74 Å². The normalized spacial score (nSPS) is 11.2. The third-order valence-electron chi connectivity index (χ3n) is 3.53. The highest BCUT2D eigenvalue weighted by atomic mass is 16.5. The average Bonchev–Trinajstić information content (AvgIpc) is 2.59. The van der Waals surface area contributed by atoms with Crippen LogP contribution in [0.15, 0.2) is 61.2 Å². The van der Waals surface area contributed by atoms with Crippen molar-refractivity contribution in [1.29, 1.82) is 0 Å². The fourth-order valence-electron chi connectivity index (χ4n) is 2.22. The van der Waals surface area contributed by atoms with E-state index in [9.17, 15) is 0 Å². The maximum atomic E-state index is 5.61. The van der Waals surface area contributed by atoms with Gasteiger partial charge in [0.15, 0.2) is 0 Å². The zero-order valence-electron chi connectivity index (χ0n) is 14.0. The van der Waals surface area contributed by atoms with Gasteiger partial charge in [0.2, 0.25) is 0 Å². The Morgan fingerprint density at radius 2 is 1.65 bits per heavy atom. The van der Waals surface area contributed by atoms with Crippen molar-refractivity contribution >= 4 is 0 Å². The number of benzene rings is 2. The van der Waals surface area contributed by atoms with Crippen LogP contribution in [0.25, 0.3) is 11.1 Å². The molecule has 0 amide bonds. The Balaban J connectivity index is 2.05. The lowest BCUT2D eigenvalue weighted by Gasteiger charge is -2.06. The third-order valence-corrected chi connectivity index (χ3v) is 3.53. The Labute approximate surface area is 140 Å². The molecule has 1 atom stereocenters. The van der Waals surface area contributed by atoms with Crippen molar-refractivity contribution in [3.8, 4) is 28.7 Å². The fraction of sp³-hybridized carbons (Fsp3) is 0.273. The molecule has 2 aromatic rings. The lowest BCUT2D eigenvalue weighted by molar-refractivity contribution is 0.317. The zero-order chi connectivity index (χ0) is 16.5. The summed E-state index contributed by atoms with van der Waals surface area (Å²) in [7, 11) is 0. The summed E-state index contributed by atoms with van der Waals surface area (Å²) in [4.78, 5) is 0. The molecule has 0 heterocycles. The van der Waals surface area contributed by atoms with E-state index in [-0.39, 0.29) is 0 Å². The van der Waals surface area contributed by atoms with Gasteiger partial charge in [-0.2, -0.15) is 0 Å². The van der Waals surface area contributed by atoms with Crippen LogP contribution < -0.4 is 4.74 Å². The van der Waals surface area contributed by atoms with Gasteiger partial charge in [-0.1, -0.05) is 56.0 Å². The smallest absolute Gasteiger partial charge is 0.119 e. The van der Waals surface area contributed by atoms with Gasteiger partial charge in [0.05, 0.1) is 6.61 Å². The molecule has 0 fully saturated rings. The standard InChI is InChI=1S/C22H24O/c1-4-6-18(3)7-8-19-9-11-20(12-10-19)21-13-15-22(16-14-21)23-17-5-2/h4,9-16,18H,1,5-6,17H2,2-3H3. The van der Waals surface area contributed by atoms with Gasteiger partial charge in [-0.15, -0.1) is 6.58 Å². The van der Waals surface area contributed by atoms with Crippen molar-refractivity contribution in [3.05, 3.63) is 66.7 Å². The van der Waals surface area contributed by atoms with Gasteiger partial charge in [0, 0.05) is 11.5 Å². The van der Waals surface area contributed by atoms with Gasteiger partial charge in [-0.05, 0) is 48.2 Å². The van der Waals surface area contributed by atoms with Crippen LogP contribution in [0.4, 0.5) is 0 Å². The van der Waals surface area contributed by atoms with E-state index in [0.717, 1.165) is 30.8 Å². The van der Waals surface area contributed by atoms with Gasteiger partial charge in [0.25, 0.3) is 0 Å². The van der Waals surface area contributed by atoms with E-state index in [0.29, 0.717) is 5.92 Å². The first-order valence-corrected chi connectivity index (χ1v) is 8.18. The third kappa shape index (κ3) is 5.34. The second-order valence-electron chi connectivity index (χ2n) is 5.64. The molecule has 1 nitrogen and oxygen atoms in total. The second-order valence-corrected chi connectivity index (χ2v) is 5.64. The first kappa shape index (κ1) is 16.9. The number of rotatable bonds is 6. The maximum absolute atomic E-state index is 5.61. The number of ether oxygens (including phenoxy) is 1. The van der Waals surface area contributed by atoms with E-state index < -0.39 is 0 Å². The minimum absolute atomic E-state index is 0.350. The minimum atomic E-state index is 0.350. The quantitative estimate of drug-likeness (QED) is 0.491. The van der Waals surface area contributed by atoms with Crippen LogP contribution in [0.2, 0.25) is 0 Å². The highest BCUT2D eigenvalue weighted by molar-refractivity contribution is 5.65. The number of hydrogen-bond acceptors (Lipinski definition) is 1. The van der Waals surface area contributed by atoms with Crippen LogP contribution in [-0.4, -0.2) is 6.61 Å². The summed E-state index contributed by atoms with van der Waals surface area (Å²) in [6.07, 6.45) is 3.86. The molecule has 0 aliphatic carbocycles. The summed E-state index contributed by atoms with van der Waals surface area (Å²) in [6, 6.07) is 16.6. The van der Waals surface area contributed by atoms with Crippen molar-refractivity contribution in [2.75, 3.05) is 6.61 Å². The highest BCUT2D eigenvalue weighted by Gasteiger charge is 1.99. The molecule has 0 aliphatic rings. The first-order chi connectivity index (χ1) is 11.2.